The molecule has 2 aliphatic heterocycles. The van der Waals surface area contributed by atoms with Gasteiger partial charge in [0.25, 0.3) is 0 Å². The van der Waals surface area contributed by atoms with Crippen molar-refractivity contribution in [1.29, 1.82) is 0 Å². The lowest BCUT2D eigenvalue weighted by Gasteiger charge is -2.50. The summed E-state index contributed by atoms with van der Waals surface area (Å²) in [4.78, 5) is 0. The van der Waals surface area contributed by atoms with Gasteiger partial charge in [0.05, 0.1) is 12.2 Å². The van der Waals surface area contributed by atoms with E-state index in [9.17, 15) is 0 Å². The average molecular weight is 234 g/mol. The highest BCUT2D eigenvalue weighted by Crippen LogP contribution is 2.65. The molecule has 2 saturated heterocycles. The van der Waals surface area contributed by atoms with Crippen LogP contribution in [0.3, 0.4) is 0 Å². The molecule has 2 nitrogen and oxygen atoms in total. The standard InChI is InChI=1S/C15H22O2/c1-9-4-5-11-10(2)8-16-15(11)12(9)6-7-14(3)13(15)17-14/h9,11-13H,2,4-8H2,1,3H3. The Morgan fingerprint density at radius 2 is 2.12 bits per heavy atom. The van der Waals surface area contributed by atoms with E-state index in [1.165, 1.54) is 31.3 Å². The maximum atomic E-state index is 6.33. The molecule has 1 spiro atoms. The van der Waals surface area contributed by atoms with Crippen molar-refractivity contribution in [3.8, 4) is 0 Å². The first-order valence-electron chi connectivity index (χ1n) is 7.07. The Balaban J connectivity index is 1.80. The molecule has 0 aromatic carbocycles. The zero-order valence-corrected chi connectivity index (χ0v) is 10.9. The van der Waals surface area contributed by atoms with Gasteiger partial charge in [-0.2, -0.15) is 0 Å². The molecule has 4 aliphatic rings. The number of rotatable bonds is 0. The summed E-state index contributed by atoms with van der Waals surface area (Å²) in [6.07, 6.45) is 5.44. The summed E-state index contributed by atoms with van der Waals surface area (Å²) in [5, 5.41) is 0. The van der Waals surface area contributed by atoms with Crippen molar-refractivity contribution < 1.29 is 9.47 Å². The molecular formula is C15H22O2. The summed E-state index contributed by atoms with van der Waals surface area (Å²) >= 11 is 0. The lowest BCUT2D eigenvalue weighted by molar-refractivity contribution is -0.130. The van der Waals surface area contributed by atoms with Crippen LogP contribution in [0.15, 0.2) is 12.2 Å². The highest BCUT2D eigenvalue weighted by atomic mass is 16.6. The van der Waals surface area contributed by atoms with Crippen LogP contribution >= 0.6 is 0 Å². The molecular weight excluding hydrogens is 212 g/mol. The van der Waals surface area contributed by atoms with Crippen LogP contribution in [0.5, 0.6) is 0 Å². The van der Waals surface area contributed by atoms with E-state index in [2.05, 4.69) is 20.4 Å². The van der Waals surface area contributed by atoms with E-state index in [1.807, 2.05) is 0 Å². The van der Waals surface area contributed by atoms with Crippen molar-refractivity contribution in [2.24, 2.45) is 17.8 Å². The van der Waals surface area contributed by atoms with Crippen LogP contribution in [0.1, 0.15) is 39.5 Å². The fourth-order valence-electron chi connectivity index (χ4n) is 5.01. The van der Waals surface area contributed by atoms with Gasteiger partial charge in [0.1, 0.15) is 11.7 Å². The molecule has 4 rings (SSSR count). The van der Waals surface area contributed by atoms with Crippen molar-refractivity contribution >= 4 is 0 Å². The average Bonchev–Trinajstić information content (AvgIpc) is 2.89. The third-order valence-electron chi connectivity index (χ3n) is 5.97. The van der Waals surface area contributed by atoms with Gasteiger partial charge >= 0.3 is 0 Å². The Bertz CT molecular complexity index is 390. The van der Waals surface area contributed by atoms with E-state index in [4.69, 9.17) is 9.47 Å². The third-order valence-corrected chi connectivity index (χ3v) is 5.97. The number of epoxide rings is 1. The highest BCUT2D eigenvalue weighted by Gasteiger charge is 2.74. The normalized spacial score (nSPS) is 60.5. The second-order valence-electron chi connectivity index (χ2n) is 6.86. The van der Waals surface area contributed by atoms with Gasteiger partial charge in [-0.3, -0.25) is 0 Å². The van der Waals surface area contributed by atoms with E-state index in [1.54, 1.807) is 0 Å². The summed E-state index contributed by atoms with van der Waals surface area (Å²) in [5.41, 5.74) is 1.44. The zero-order valence-electron chi connectivity index (χ0n) is 10.9. The smallest absolute Gasteiger partial charge is 0.117 e. The van der Waals surface area contributed by atoms with E-state index in [0.29, 0.717) is 17.9 Å². The summed E-state index contributed by atoms with van der Waals surface area (Å²) in [6.45, 7) is 9.68. The second kappa shape index (κ2) is 2.97. The molecule has 6 atom stereocenters. The number of ether oxygens (including phenoxy) is 2. The molecule has 0 amide bonds. The molecule has 2 saturated carbocycles. The summed E-state index contributed by atoms with van der Waals surface area (Å²) in [6, 6.07) is 0. The molecule has 0 radical (unpaired) electrons. The van der Waals surface area contributed by atoms with Gasteiger partial charge in [0.2, 0.25) is 0 Å². The molecule has 4 fully saturated rings. The minimum Gasteiger partial charge on any atom is -0.367 e. The van der Waals surface area contributed by atoms with E-state index >= 15 is 0 Å². The Kier molecular flexibility index (Phi) is 1.85. The van der Waals surface area contributed by atoms with Crippen molar-refractivity contribution in [1.82, 2.24) is 0 Å². The van der Waals surface area contributed by atoms with Crippen molar-refractivity contribution in [3.05, 3.63) is 12.2 Å². The largest absolute Gasteiger partial charge is 0.367 e. The van der Waals surface area contributed by atoms with Crippen LogP contribution in [-0.2, 0) is 9.47 Å². The van der Waals surface area contributed by atoms with Gasteiger partial charge in [-0.1, -0.05) is 13.5 Å². The van der Waals surface area contributed by atoms with E-state index in [-0.39, 0.29) is 11.2 Å². The van der Waals surface area contributed by atoms with Gasteiger partial charge in [0, 0.05) is 5.92 Å². The summed E-state index contributed by atoms with van der Waals surface area (Å²) in [5.74, 6) is 2.04. The zero-order chi connectivity index (χ0) is 11.8. The Morgan fingerprint density at radius 1 is 1.29 bits per heavy atom. The number of hydrogen-bond acceptors (Lipinski definition) is 2. The van der Waals surface area contributed by atoms with Crippen LogP contribution < -0.4 is 0 Å². The van der Waals surface area contributed by atoms with Crippen molar-refractivity contribution in [2.45, 2.75) is 56.8 Å². The molecule has 17 heavy (non-hydrogen) atoms. The van der Waals surface area contributed by atoms with Crippen LogP contribution in [0.25, 0.3) is 0 Å². The molecule has 0 bridgehead atoms. The molecule has 2 heteroatoms. The molecule has 6 unspecified atom stereocenters. The first-order valence-corrected chi connectivity index (χ1v) is 7.07. The van der Waals surface area contributed by atoms with Gasteiger partial charge in [0.15, 0.2) is 0 Å². The fourth-order valence-corrected chi connectivity index (χ4v) is 5.01. The first-order chi connectivity index (χ1) is 8.08. The topological polar surface area (TPSA) is 21.8 Å². The number of fused-ring (bicyclic) bond motifs is 1. The minimum atomic E-state index is 0.00174. The Morgan fingerprint density at radius 3 is 2.94 bits per heavy atom. The molecule has 94 valence electrons. The first kappa shape index (κ1) is 10.6. The van der Waals surface area contributed by atoms with Gasteiger partial charge in [-0.25, -0.2) is 0 Å². The molecule has 2 heterocycles. The third kappa shape index (κ3) is 1.09. The van der Waals surface area contributed by atoms with Crippen molar-refractivity contribution in [2.75, 3.05) is 6.61 Å². The SMILES string of the molecule is C=C1COC23C1CCC(C)C2CCC1(C)OC13. The molecule has 0 N–H and O–H groups in total. The fraction of sp³-hybridized carbons (Fsp3) is 0.867. The van der Waals surface area contributed by atoms with Crippen LogP contribution in [0, 0.1) is 17.8 Å². The van der Waals surface area contributed by atoms with Crippen LogP contribution in [0.4, 0.5) is 0 Å². The Labute approximate surface area is 103 Å². The van der Waals surface area contributed by atoms with Gasteiger partial charge in [-0.05, 0) is 50.0 Å². The molecule has 2 aliphatic carbocycles. The molecule has 0 aromatic rings. The van der Waals surface area contributed by atoms with E-state index < -0.39 is 0 Å². The highest BCUT2D eigenvalue weighted by molar-refractivity contribution is 5.29. The predicted octanol–water partition coefficient (Wildman–Crippen LogP) is 2.93. The minimum absolute atomic E-state index is 0.00174. The lowest BCUT2D eigenvalue weighted by atomic mass is 9.56. The van der Waals surface area contributed by atoms with Crippen LogP contribution in [-0.4, -0.2) is 23.9 Å². The maximum absolute atomic E-state index is 6.33. The quantitative estimate of drug-likeness (QED) is 0.475. The molecule has 0 aromatic heterocycles. The second-order valence-corrected chi connectivity index (χ2v) is 6.86. The van der Waals surface area contributed by atoms with Crippen molar-refractivity contribution in [3.63, 3.8) is 0 Å². The van der Waals surface area contributed by atoms with Gasteiger partial charge < -0.3 is 9.47 Å². The predicted molar refractivity (Wildman–Crippen MR) is 65.7 cm³/mol. The summed E-state index contributed by atoms with van der Waals surface area (Å²) in [7, 11) is 0. The lowest BCUT2D eigenvalue weighted by Crippen LogP contribution is -2.57. The van der Waals surface area contributed by atoms with Gasteiger partial charge in [-0.15, -0.1) is 0 Å². The summed E-state index contributed by atoms with van der Waals surface area (Å²) < 4.78 is 12.4. The maximum Gasteiger partial charge on any atom is 0.117 e. The van der Waals surface area contributed by atoms with Crippen LogP contribution in [0.2, 0.25) is 0 Å². The monoisotopic (exact) mass is 234 g/mol. The Hall–Kier alpha value is -0.340. The number of hydrogen-bond donors (Lipinski definition) is 0. The van der Waals surface area contributed by atoms with E-state index in [0.717, 1.165) is 12.5 Å².